The van der Waals surface area contributed by atoms with Crippen molar-refractivity contribution in [2.24, 2.45) is 5.92 Å². The maximum absolute atomic E-state index is 13.1. The van der Waals surface area contributed by atoms with Crippen molar-refractivity contribution < 1.29 is 4.79 Å². The van der Waals surface area contributed by atoms with Gasteiger partial charge in [0.15, 0.2) is 0 Å². The van der Waals surface area contributed by atoms with Crippen LogP contribution in [0.5, 0.6) is 0 Å². The van der Waals surface area contributed by atoms with Crippen molar-refractivity contribution in [1.29, 1.82) is 0 Å². The molecule has 1 amide bonds. The fourth-order valence-electron chi connectivity index (χ4n) is 4.23. The number of carbonyl (C=O) groups excluding carboxylic acids is 1. The molecule has 1 aliphatic heterocycles. The fourth-order valence-corrected chi connectivity index (χ4v) is 5.06. The maximum Gasteiger partial charge on any atom is 0.266 e. The van der Waals surface area contributed by atoms with Crippen LogP contribution >= 0.6 is 11.3 Å². The molecule has 1 aromatic heterocycles. The van der Waals surface area contributed by atoms with Gasteiger partial charge in [-0.05, 0) is 44.4 Å². The Morgan fingerprint density at radius 2 is 1.86 bits per heavy atom. The molecular weight excluding hydrogens is 280 g/mol. The number of hydrogen-bond donors (Lipinski definition) is 0. The summed E-state index contributed by atoms with van der Waals surface area (Å²) in [5.41, 5.74) is 2.97. The molecule has 2 atom stereocenters. The van der Waals surface area contributed by atoms with Gasteiger partial charge in [-0.25, -0.2) is 4.98 Å². The van der Waals surface area contributed by atoms with Gasteiger partial charge in [-0.1, -0.05) is 19.3 Å². The Balaban J connectivity index is 1.60. The van der Waals surface area contributed by atoms with Gasteiger partial charge in [0.05, 0.1) is 11.2 Å². The minimum atomic E-state index is 0.290. The van der Waals surface area contributed by atoms with Gasteiger partial charge < -0.3 is 4.90 Å². The summed E-state index contributed by atoms with van der Waals surface area (Å²) in [4.78, 5) is 20.8. The Morgan fingerprint density at radius 1 is 1.10 bits per heavy atom. The van der Waals surface area contributed by atoms with Gasteiger partial charge in [0, 0.05) is 18.5 Å². The molecule has 4 rings (SSSR count). The molecule has 1 saturated heterocycles. The zero-order valence-electron chi connectivity index (χ0n) is 12.6. The van der Waals surface area contributed by atoms with Crippen LogP contribution in [0.4, 0.5) is 0 Å². The average molecular weight is 304 g/mol. The molecule has 114 valence electrons. The maximum atomic E-state index is 13.1. The minimum Gasteiger partial charge on any atom is -0.335 e. The minimum absolute atomic E-state index is 0.290. The largest absolute Gasteiger partial charge is 0.335 e. The Morgan fingerprint density at radius 3 is 2.67 bits per heavy atom. The number of carbonyl (C=O) groups is 1. The number of fused-ring (bicyclic) bond motifs is 1. The lowest BCUT2D eigenvalue weighted by atomic mass is 9.81. The third-order valence-corrected chi connectivity index (χ3v) is 6.34. The van der Waals surface area contributed by atoms with E-state index in [2.05, 4.69) is 9.88 Å². The molecule has 4 heteroatoms. The number of nitrogens with zero attached hydrogens (tertiary/aromatic N) is 2. The van der Waals surface area contributed by atoms with Crippen LogP contribution < -0.4 is 0 Å². The van der Waals surface area contributed by atoms with Crippen LogP contribution in [0, 0.1) is 5.92 Å². The first-order chi connectivity index (χ1) is 10.3. The second-order valence-electron chi connectivity index (χ2n) is 6.95. The summed E-state index contributed by atoms with van der Waals surface area (Å²) < 4.78 is 0. The van der Waals surface area contributed by atoms with E-state index in [1.807, 2.05) is 5.51 Å². The number of hydrogen-bond acceptors (Lipinski definition) is 3. The summed E-state index contributed by atoms with van der Waals surface area (Å²) in [5.74, 6) is 1.62. The van der Waals surface area contributed by atoms with Crippen LogP contribution in [-0.4, -0.2) is 28.4 Å². The van der Waals surface area contributed by atoms with E-state index < -0.39 is 0 Å². The molecule has 1 aromatic rings. The van der Waals surface area contributed by atoms with Crippen LogP contribution in [0.15, 0.2) is 5.51 Å². The summed E-state index contributed by atoms with van der Waals surface area (Å²) in [6.07, 6.45) is 11.4. The summed E-state index contributed by atoms with van der Waals surface area (Å²) in [6, 6.07) is 0.503. The number of rotatable bonds is 2. The summed E-state index contributed by atoms with van der Waals surface area (Å²) in [5, 5.41) is 0. The van der Waals surface area contributed by atoms with E-state index in [-0.39, 0.29) is 5.91 Å². The van der Waals surface area contributed by atoms with Gasteiger partial charge in [-0.3, -0.25) is 4.79 Å². The van der Waals surface area contributed by atoms with Crippen LogP contribution in [0.3, 0.4) is 0 Å². The van der Waals surface area contributed by atoms with E-state index in [9.17, 15) is 4.79 Å². The molecule has 0 unspecified atom stereocenters. The van der Waals surface area contributed by atoms with Crippen molar-refractivity contribution in [3.63, 3.8) is 0 Å². The van der Waals surface area contributed by atoms with E-state index >= 15 is 0 Å². The lowest BCUT2D eigenvalue weighted by Crippen LogP contribution is -2.45. The number of likely N-dealkylation sites (tertiary alicyclic amines) is 1. The van der Waals surface area contributed by atoms with Gasteiger partial charge in [-0.2, -0.15) is 0 Å². The first kappa shape index (κ1) is 13.7. The fraction of sp³-hybridized carbons (Fsp3) is 0.765. The average Bonchev–Trinajstić information content (AvgIpc) is 3.28. The van der Waals surface area contributed by atoms with Crippen molar-refractivity contribution in [2.45, 2.75) is 69.7 Å². The van der Waals surface area contributed by atoms with Crippen molar-refractivity contribution in [3.8, 4) is 0 Å². The highest BCUT2D eigenvalue weighted by molar-refractivity contribution is 7.11. The molecular formula is C17H24N2OS. The zero-order valence-corrected chi connectivity index (χ0v) is 13.4. The highest BCUT2D eigenvalue weighted by Gasteiger charge is 2.37. The summed E-state index contributed by atoms with van der Waals surface area (Å²) in [7, 11) is 0. The van der Waals surface area contributed by atoms with Crippen molar-refractivity contribution in [2.75, 3.05) is 6.54 Å². The van der Waals surface area contributed by atoms with E-state index in [1.54, 1.807) is 11.3 Å². The molecule has 2 aliphatic carbocycles. The highest BCUT2D eigenvalue weighted by atomic mass is 32.1. The quantitative estimate of drug-likeness (QED) is 0.820. The van der Waals surface area contributed by atoms with Gasteiger partial charge in [0.25, 0.3) is 5.91 Å². The van der Waals surface area contributed by atoms with Gasteiger partial charge in [-0.15, -0.1) is 11.3 Å². The van der Waals surface area contributed by atoms with E-state index in [1.165, 1.54) is 57.8 Å². The Kier molecular flexibility index (Phi) is 3.74. The smallest absolute Gasteiger partial charge is 0.266 e. The van der Waals surface area contributed by atoms with Gasteiger partial charge >= 0.3 is 0 Å². The molecule has 0 radical (unpaired) electrons. The summed E-state index contributed by atoms with van der Waals surface area (Å²) in [6.45, 7) is 0.960. The first-order valence-electron chi connectivity index (χ1n) is 8.59. The second-order valence-corrected chi connectivity index (χ2v) is 7.80. The van der Waals surface area contributed by atoms with Crippen LogP contribution in [-0.2, 0) is 0 Å². The standard InChI is InChI=1S/C17H24N2OS/c20-17(16-15(13-8-9-13)18-11-21-16)19-10-4-3-6-12-5-1-2-7-14(12)19/h11-14H,1-10H2/t12-,14+/m1/s1. The van der Waals surface area contributed by atoms with Crippen LogP contribution in [0.25, 0.3) is 0 Å². The second kappa shape index (κ2) is 5.71. The van der Waals surface area contributed by atoms with Crippen molar-refractivity contribution in [1.82, 2.24) is 9.88 Å². The van der Waals surface area contributed by atoms with Gasteiger partial charge in [0.1, 0.15) is 4.88 Å². The molecule has 3 aliphatic rings. The zero-order chi connectivity index (χ0) is 14.2. The molecule has 3 nitrogen and oxygen atoms in total. The lowest BCUT2D eigenvalue weighted by Gasteiger charge is -2.38. The number of aromatic nitrogens is 1. The molecule has 0 N–H and O–H groups in total. The normalized spacial score (nSPS) is 29.8. The third-order valence-electron chi connectivity index (χ3n) is 5.51. The Labute approximate surface area is 130 Å². The van der Waals surface area contributed by atoms with E-state index in [4.69, 9.17) is 0 Å². The molecule has 2 saturated carbocycles. The molecule has 0 aromatic carbocycles. The Bertz CT molecular complexity index is 523. The van der Waals surface area contributed by atoms with E-state index in [0.717, 1.165) is 23.0 Å². The first-order valence-corrected chi connectivity index (χ1v) is 9.47. The lowest BCUT2D eigenvalue weighted by molar-refractivity contribution is 0.0572. The van der Waals surface area contributed by atoms with E-state index in [0.29, 0.717) is 12.0 Å². The molecule has 3 fully saturated rings. The number of amides is 1. The molecule has 21 heavy (non-hydrogen) atoms. The Hall–Kier alpha value is -0.900. The third kappa shape index (κ3) is 2.63. The SMILES string of the molecule is O=C(c1scnc1C1CC1)N1CCCC[C@H]2CCCC[C@@H]21. The molecule has 2 heterocycles. The van der Waals surface area contributed by atoms with Crippen LogP contribution in [0.1, 0.15) is 79.1 Å². The van der Waals surface area contributed by atoms with Crippen molar-refractivity contribution in [3.05, 3.63) is 16.1 Å². The van der Waals surface area contributed by atoms with Gasteiger partial charge in [0.2, 0.25) is 0 Å². The predicted octanol–water partition coefficient (Wildman–Crippen LogP) is 4.21. The van der Waals surface area contributed by atoms with Crippen LogP contribution in [0.2, 0.25) is 0 Å². The molecule has 0 bridgehead atoms. The highest BCUT2D eigenvalue weighted by Crippen LogP contribution is 2.43. The predicted molar refractivity (Wildman–Crippen MR) is 84.7 cm³/mol. The molecule has 0 spiro atoms. The van der Waals surface area contributed by atoms with Crippen molar-refractivity contribution >= 4 is 17.2 Å². The topological polar surface area (TPSA) is 33.2 Å². The monoisotopic (exact) mass is 304 g/mol. The summed E-state index contributed by atoms with van der Waals surface area (Å²) >= 11 is 1.56. The number of thiazole rings is 1.